The number of thiazole rings is 1. The fourth-order valence-corrected chi connectivity index (χ4v) is 6.07. The van der Waals surface area contributed by atoms with Gasteiger partial charge in [-0.3, -0.25) is 4.98 Å². The lowest BCUT2D eigenvalue weighted by Crippen LogP contribution is -2.31. The SMILES string of the molecule is NC1=N[C@@]2(CO1)c1cc(-c3cccnc3)ccc1Oc1ccc(-c3csc(N4CCCC4)n3)cc12. The number of aromatic nitrogens is 2. The molecule has 2 N–H and O–H groups in total. The number of nitrogens with zero attached hydrogens (tertiary/aromatic N) is 4. The lowest BCUT2D eigenvalue weighted by atomic mass is 9.79. The van der Waals surface area contributed by atoms with Crippen LogP contribution in [0.1, 0.15) is 24.0 Å². The molecule has 7 nitrogen and oxygen atoms in total. The molecule has 1 saturated heterocycles. The highest BCUT2D eigenvalue weighted by Gasteiger charge is 2.47. The number of amidine groups is 1. The summed E-state index contributed by atoms with van der Waals surface area (Å²) in [4.78, 5) is 16.4. The maximum atomic E-state index is 6.36. The van der Waals surface area contributed by atoms with Crippen LogP contribution >= 0.6 is 11.3 Å². The first-order valence-electron chi connectivity index (χ1n) is 11.8. The number of nitrogens with two attached hydrogens (primary N) is 1. The minimum atomic E-state index is -0.783. The summed E-state index contributed by atoms with van der Waals surface area (Å²) < 4.78 is 12.1. The average Bonchev–Trinajstić information content (AvgIpc) is 3.66. The molecule has 0 radical (unpaired) electrons. The number of anilines is 1. The van der Waals surface area contributed by atoms with Crippen molar-refractivity contribution in [3.63, 3.8) is 0 Å². The third-order valence-corrected chi connectivity index (χ3v) is 7.86. The van der Waals surface area contributed by atoms with Crippen molar-refractivity contribution in [1.29, 1.82) is 0 Å². The van der Waals surface area contributed by atoms with Gasteiger partial charge in [-0.15, -0.1) is 11.3 Å². The Labute approximate surface area is 206 Å². The number of benzene rings is 2. The van der Waals surface area contributed by atoms with E-state index in [4.69, 9.17) is 25.2 Å². The van der Waals surface area contributed by atoms with Gasteiger partial charge in [-0.05, 0) is 54.8 Å². The summed E-state index contributed by atoms with van der Waals surface area (Å²) >= 11 is 1.70. The summed E-state index contributed by atoms with van der Waals surface area (Å²) in [5, 5.41) is 3.21. The fourth-order valence-electron chi connectivity index (χ4n) is 5.18. The van der Waals surface area contributed by atoms with Gasteiger partial charge in [0.25, 0.3) is 6.02 Å². The van der Waals surface area contributed by atoms with Crippen molar-refractivity contribution in [1.82, 2.24) is 9.97 Å². The van der Waals surface area contributed by atoms with Crippen LogP contribution in [-0.2, 0) is 10.3 Å². The molecule has 35 heavy (non-hydrogen) atoms. The van der Waals surface area contributed by atoms with Crippen molar-refractivity contribution < 1.29 is 9.47 Å². The van der Waals surface area contributed by atoms with Crippen molar-refractivity contribution in [3.8, 4) is 33.9 Å². The van der Waals surface area contributed by atoms with Crippen molar-refractivity contribution in [2.75, 3.05) is 24.6 Å². The number of fused-ring (bicyclic) bond motifs is 4. The Morgan fingerprint density at radius 3 is 2.43 bits per heavy atom. The molecule has 3 aliphatic rings. The van der Waals surface area contributed by atoms with Crippen LogP contribution in [0.3, 0.4) is 0 Å². The number of hydrogen-bond acceptors (Lipinski definition) is 8. The van der Waals surface area contributed by atoms with Gasteiger partial charge < -0.3 is 20.1 Å². The maximum Gasteiger partial charge on any atom is 0.283 e. The van der Waals surface area contributed by atoms with Crippen molar-refractivity contribution in [2.45, 2.75) is 18.4 Å². The highest BCUT2D eigenvalue weighted by atomic mass is 32.1. The smallest absolute Gasteiger partial charge is 0.283 e. The third kappa shape index (κ3) is 3.28. The molecule has 1 atom stereocenters. The van der Waals surface area contributed by atoms with Crippen LogP contribution in [0.25, 0.3) is 22.4 Å². The predicted molar refractivity (Wildman–Crippen MR) is 137 cm³/mol. The van der Waals surface area contributed by atoms with Gasteiger partial charge in [0.1, 0.15) is 18.1 Å². The molecular weight excluding hydrogens is 458 g/mol. The first-order valence-corrected chi connectivity index (χ1v) is 12.6. The number of hydrogen-bond donors (Lipinski definition) is 1. The molecule has 0 bridgehead atoms. The zero-order valence-electron chi connectivity index (χ0n) is 19.0. The molecule has 1 fully saturated rings. The molecule has 0 saturated carbocycles. The molecule has 2 aromatic heterocycles. The Kier molecular flexibility index (Phi) is 4.57. The van der Waals surface area contributed by atoms with Crippen LogP contribution in [0, 0.1) is 0 Å². The summed E-state index contributed by atoms with van der Waals surface area (Å²) in [6.07, 6.45) is 6.09. The molecule has 4 aromatic rings. The molecule has 1 spiro atoms. The van der Waals surface area contributed by atoms with E-state index in [0.29, 0.717) is 6.61 Å². The van der Waals surface area contributed by atoms with E-state index in [-0.39, 0.29) is 6.02 Å². The van der Waals surface area contributed by atoms with Crippen LogP contribution in [0.15, 0.2) is 71.3 Å². The minimum absolute atomic E-state index is 0.186. The number of aliphatic imine (C=N–C) groups is 1. The summed E-state index contributed by atoms with van der Waals surface area (Å²) in [5.74, 6) is 1.51. The minimum Gasteiger partial charge on any atom is -0.462 e. The zero-order valence-corrected chi connectivity index (χ0v) is 19.8. The van der Waals surface area contributed by atoms with Crippen LogP contribution in [0.5, 0.6) is 11.5 Å². The Hall–Kier alpha value is -3.91. The van der Waals surface area contributed by atoms with E-state index >= 15 is 0 Å². The molecule has 174 valence electrons. The largest absolute Gasteiger partial charge is 0.462 e. The molecule has 3 aliphatic heterocycles. The van der Waals surface area contributed by atoms with E-state index in [1.165, 1.54) is 12.8 Å². The second-order valence-electron chi connectivity index (χ2n) is 9.07. The normalized spacial score (nSPS) is 20.2. The molecule has 8 heteroatoms. The number of pyridine rings is 1. The molecule has 5 heterocycles. The molecular formula is C27H23N5O2S. The highest BCUT2D eigenvalue weighted by Crippen LogP contribution is 2.52. The fraction of sp³-hybridized carbons (Fsp3) is 0.222. The van der Waals surface area contributed by atoms with Gasteiger partial charge in [-0.25, -0.2) is 9.98 Å². The van der Waals surface area contributed by atoms with Crippen LogP contribution in [-0.4, -0.2) is 35.7 Å². The molecule has 0 amide bonds. The predicted octanol–water partition coefficient (Wildman–Crippen LogP) is 5.17. The Bertz CT molecular complexity index is 1460. The maximum absolute atomic E-state index is 6.36. The van der Waals surface area contributed by atoms with Crippen molar-refractivity contribution in [3.05, 3.63) is 77.4 Å². The highest BCUT2D eigenvalue weighted by molar-refractivity contribution is 7.14. The van der Waals surface area contributed by atoms with E-state index in [1.807, 2.05) is 36.5 Å². The first kappa shape index (κ1) is 20.5. The quantitative estimate of drug-likeness (QED) is 0.435. The van der Waals surface area contributed by atoms with Crippen molar-refractivity contribution >= 4 is 22.5 Å². The van der Waals surface area contributed by atoms with Gasteiger partial charge in [0.05, 0.1) is 5.69 Å². The average molecular weight is 482 g/mol. The molecule has 0 aliphatic carbocycles. The Balaban J connectivity index is 1.35. The van der Waals surface area contributed by atoms with Crippen LogP contribution in [0.2, 0.25) is 0 Å². The zero-order chi connectivity index (χ0) is 23.4. The summed E-state index contributed by atoms with van der Waals surface area (Å²) in [6, 6.07) is 16.5. The summed E-state index contributed by atoms with van der Waals surface area (Å²) in [6.45, 7) is 2.48. The Morgan fingerprint density at radius 2 is 1.71 bits per heavy atom. The van der Waals surface area contributed by atoms with Gasteiger partial charge >= 0.3 is 0 Å². The summed E-state index contributed by atoms with van der Waals surface area (Å²) in [5.41, 5.74) is 11.2. The molecule has 2 aromatic carbocycles. The van der Waals surface area contributed by atoms with Crippen LogP contribution < -0.4 is 15.4 Å². The van der Waals surface area contributed by atoms with Crippen molar-refractivity contribution in [2.24, 2.45) is 10.7 Å². The van der Waals surface area contributed by atoms with Gasteiger partial charge in [0.2, 0.25) is 0 Å². The lowest BCUT2D eigenvalue weighted by Gasteiger charge is -2.34. The molecule has 7 rings (SSSR count). The van der Waals surface area contributed by atoms with E-state index < -0.39 is 5.54 Å². The van der Waals surface area contributed by atoms with Gasteiger partial charge in [-0.1, -0.05) is 12.1 Å². The number of ether oxygens (including phenoxy) is 2. The first-order chi connectivity index (χ1) is 17.2. The topological polar surface area (TPSA) is 85.9 Å². The lowest BCUT2D eigenvalue weighted by molar-refractivity contribution is 0.264. The van der Waals surface area contributed by atoms with E-state index in [0.717, 1.165) is 63.2 Å². The van der Waals surface area contributed by atoms with Gasteiger partial charge in [0, 0.05) is 53.1 Å². The van der Waals surface area contributed by atoms with E-state index in [9.17, 15) is 0 Å². The van der Waals surface area contributed by atoms with E-state index in [1.54, 1.807) is 17.5 Å². The van der Waals surface area contributed by atoms with Crippen LogP contribution in [0.4, 0.5) is 5.13 Å². The third-order valence-electron chi connectivity index (χ3n) is 6.96. The second kappa shape index (κ2) is 7.81. The molecule has 0 unspecified atom stereocenters. The standard InChI is InChI=1S/C27H23N5O2S/c28-25-31-27(16-33-25)20-12-17(19-4-3-9-29-14-19)5-7-23(20)34-24-8-6-18(13-21(24)27)22-15-35-26(30-22)32-10-1-2-11-32/h3-9,12-15H,1-2,10-11,16H2,(H2,28,31)/t27-/m0/s1. The Morgan fingerprint density at radius 1 is 0.943 bits per heavy atom. The monoisotopic (exact) mass is 481 g/mol. The number of rotatable bonds is 3. The second-order valence-corrected chi connectivity index (χ2v) is 9.91. The van der Waals surface area contributed by atoms with E-state index in [2.05, 4.69) is 33.5 Å². The summed E-state index contributed by atoms with van der Waals surface area (Å²) in [7, 11) is 0. The van der Waals surface area contributed by atoms with Gasteiger partial charge in [0.15, 0.2) is 10.7 Å². The van der Waals surface area contributed by atoms with Gasteiger partial charge in [-0.2, -0.15) is 0 Å².